The zero-order valence-corrected chi connectivity index (χ0v) is 17.2. The first kappa shape index (κ1) is 20.0. The average Bonchev–Trinajstić information content (AvgIpc) is 2.88. The van der Waals surface area contributed by atoms with Gasteiger partial charge in [0.1, 0.15) is 19.8 Å². The standard InChI is InChI=1S/C15H18ClN3O3S3/c1-4-19(14(23)10(2)9-25(3,21)22)15-12(16)17-13(24-15)11-6-5-7-18(20)8-11/h5-8,10H,4,9H2,1-3H3. The van der Waals surface area contributed by atoms with Gasteiger partial charge in [0.15, 0.2) is 17.5 Å². The van der Waals surface area contributed by atoms with Crippen molar-refractivity contribution in [2.75, 3.05) is 23.5 Å². The fourth-order valence-corrected chi connectivity index (χ4v) is 5.27. The van der Waals surface area contributed by atoms with Crippen molar-refractivity contribution in [3.8, 4) is 10.6 Å². The van der Waals surface area contributed by atoms with Crippen LogP contribution in [0.2, 0.25) is 5.15 Å². The van der Waals surface area contributed by atoms with Crippen molar-refractivity contribution in [1.82, 2.24) is 4.98 Å². The molecule has 2 rings (SSSR count). The van der Waals surface area contributed by atoms with Crippen LogP contribution in [0.5, 0.6) is 0 Å². The number of aromatic nitrogens is 2. The summed E-state index contributed by atoms with van der Waals surface area (Å²) in [4.78, 5) is 6.61. The Morgan fingerprint density at radius 3 is 2.80 bits per heavy atom. The van der Waals surface area contributed by atoms with Crippen molar-refractivity contribution in [1.29, 1.82) is 0 Å². The topological polar surface area (TPSA) is 77.2 Å². The molecule has 0 spiro atoms. The highest BCUT2D eigenvalue weighted by Gasteiger charge is 2.25. The van der Waals surface area contributed by atoms with Crippen LogP contribution in [0.1, 0.15) is 13.8 Å². The number of pyridine rings is 1. The molecule has 0 amide bonds. The van der Waals surface area contributed by atoms with E-state index >= 15 is 0 Å². The predicted molar refractivity (Wildman–Crippen MR) is 106 cm³/mol. The summed E-state index contributed by atoms with van der Waals surface area (Å²) in [6.45, 7) is 4.22. The van der Waals surface area contributed by atoms with Crippen molar-refractivity contribution in [2.45, 2.75) is 13.8 Å². The SMILES string of the molecule is CCN(C(=S)C(C)CS(C)(=O)=O)c1sc(-c2ccc[n+]([O-])c2)nc1Cl. The summed E-state index contributed by atoms with van der Waals surface area (Å²) in [5.41, 5.74) is 0.654. The highest BCUT2D eigenvalue weighted by Crippen LogP contribution is 2.38. The van der Waals surface area contributed by atoms with Gasteiger partial charge in [0.2, 0.25) is 0 Å². The molecule has 1 atom stereocenters. The molecule has 0 saturated carbocycles. The van der Waals surface area contributed by atoms with E-state index in [-0.39, 0.29) is 16.8 Å². The second-order valence-electron chi connectivity index (χ2n) is 5.64. The quantitative estimate of drug-likeness (QED) is 0.407. The smallest absolute Gasteiger partial charge is 0.190 e. The van der Waals surface area contributed by atoms with Gasteiger partial charge in [0, 0.05) is 24.8 Å². The lowest BCUT2D eigenvalue weighted by molar-refractivity contribution is -0.604. The maximum absolute atomic E-state index is 11.5. The maximum Gasteiger partial charge on any atom is 0.190 e. The van der Waals surface area contributed by atoms with E-state index in [4.69, 9.17) is 23.8 Å². The van der Waals surface area contributed by atoms with Gasteiger partial charge in [0.05, 0.1) is 16.3 Å². The van der Waals surface area contributed by atoms with Gasteiger partial charge in [-0.2, -0.15) is 4.73 Å². The van der Waals surface area contributed by atoms with E-state index in [1.54, 1.807) is 24.0 Å². The van der Waals surface area contributed by atoms with Crippen LogP contribution < -0.4 is 9.63 Å². The Morgan fingerprint density at radius 2 is 2.24 bits per heavy atom. The van der Waals surface area contributed by atoms with Gasteiger partial charge in [-0.25, -0.2) is 13.4 Å². The zero-order chi connectivity index (χ0) is 18.8. The highest BCUT2D eigenvalue weighted by atomic mass is 35.5. The number of hydrogen-bond donors (Lipinski definition) is 0. The van der Waals surface area contributed by atoms with Crippen LogP contribution in [0.3, 0.4) is 0 Å². The number of hydrogen-bond acceptors (Lipinski definition) is 6. The predicted octanol–water partition coefficient (Wildman–Crippen LogP) is 2.93. The molecule has 2 aromatic heterocycles. The Kier molecular flexibility index (Phi) is 6.36. The van der Waals surface area contributed by atoms with E-state index in [0.29, 0.717) is 31.8 Å². The molecule has 2 aromatic rings. The number of sulfone groups is 1. The number of thiocarbonyl (C=S) groups is 1. The van der Waals surface area contributed by atoms with Crippen LogP contribution in [0.4, 0.5) is 5.00 Å². The van der Waals surface area contributed by atoms with Crippen LogP contribution in [0, 0.1) is 11.1 Å². The molecule has 0 bridgehead atoms. The number of anilines is 1. The molecule has 0 aliphatic rings. The first-order chi connectivity index (χ1) is 11.6. The molecule has 136 valence electrons. The molecule has 0 fully saturated rings. The molecule has 0 aliphatic heterocycles. The highest BCUT2D eigenvalue weighted by molar-refractivity contribution is 7.90. The van der Waals surface area contributed by atoms with Crippen LogP contribution in [0.15, 0.2) is 24.5 Å². The van der Waals surface area contributed by atoms with Crippen molar-refractivity contribution in [3.63, 3.8) is 0 Å². The van der Waals surface area contributed by atoms with Gasteiger partial charge < -0.3 is 10.1 Å². The molecule has 0 radical (unpaired) electrons. The molecular weight excluding hydrogens is 402 g/mol. The average molecular weight is 420 g/mol. The van der Waals surface area contributed by atoms with Crippen molar-refractivity contribution in [2.24, 2.45) is 5.92 Å². The number of rotatable bonds is 6. The molecule has 0 aliphatic carbocycles. The van der Waals surface area contributed by atoms with E-state index in [9.17, 15) is 13.6 Å². The van der Waals surface area contributed by atoms with E-state index < -0.39 is 9.84 Å². The Morgan fingerprint density at radius 1 is 1.56 bits per heavy atom. The first-order valence-electron chi connectivity index (χ1n) is 7.47. The van der Waals surface area contributed by atoms with Crippen LogP contribution in [-0.2, 0) is 9.84 Å². The van der Waals surface area contributed by atoms with Crippen molar-refractivity contribution in [3.05, 3.63) is 34.9 Å². The molecule has 2 heterocycles. The summed E-state index contributed by atoms with van der Waals surface area (Å²) < 4.78 is 23.8. The summed E-state index contributed by atoms with van der Waals surface area (Å²) in [6, 6.07) is 3.40. The van der Waals surface area contributed by atoms with Gasteiger partial charge in [-0.3, -0.25) is 0 Å². The van der Waals surface area contributed by atoms with Gasteiger partial charge in [0.25, 0.3) is 0 Å². The normalized spacial score (nSPS) is 12.8. The minimum absolute atomic E-state index is 0.0273. The fraction of sp³-hybridized carbons (Fsp3) is 0.400. The third kappa shape index (κ3) is 5.10. The summed E-state index contributed by atoms with van der Waals surface area (Å²) in [5.74, 6) is -0.354. The van der Waals surface area contributed by atoms with Gasteiger partial charge >= 0.3 is 0 Å². The largest absolute Gasteiger partial charge is 0.619 e. The molecule has 0 saturated heterocycles. The van der Waals surface area contributed by atoms with E-state index in [2.05, 4.69) is 4.98 Å². The van der Waals surface area contributed by atoms with Crippen molar-refractivity contribution < 1.29 is 13.1 Å². The van der Waals surface area contributed by atoms with Gasteiger partial charge in [-0.15, -0.1) is 0 Å². The third-order valence-corrected chi connectivity index (χ3v) is 6.62. The summed E-state index contributed by atoms with van der Waals surface area (Å²) in [6.07, 6.45) is 3.99. The van der Waals surface area contributed by atoms with E-state index in [1.807, 2.05) is 6.92 Å². The molecule has 25 heavy (non-hydrogen) atoms. The second-order valence-corrected chi connectivity index (χ2v) is 9.58. The lowest BCUT2D eigenvalue weighted by Crippen LogP contribution is -2.35. The summed E-state index contributed by atoms with van der Waals surface area (Å²) in [5, 5.41) is 13.0. The molecule has 6 nitrogen and oxygen atoms in total. The van der Waals surface area contributed by atoms with Gasteiger partial charge in [-0.05, 0) is 13.0 Å². The Bertz CT molecular complexity index is 883. The Hall–Kier alpha value is -1.29. The molecule has 0 aromatic carbocycles. The number of nitrogens with zero attached hydrogens (tertiary/aromatic N) is 3. The van der Waals surface area contributed by atoms with Crippen molar-refractivity contribution >= 4 is 55.0 Å². The van der Waals surface area contributed by atoms with E-state index in [0.717, 1.165) is 0 Å². The van der Waals surface area contributed by atoms with Crippen LogP contribution in [-0.4, -0.2) is 36.9 Å². The van der Waals surface area contributed by atoms with Crippen LogP contribution in [0.25, 0.3) is 10.6 Å². The Labute approximate surface area is 161 Å². The lowest BCUT2D eigenvalue weighted by Gasteiger charge is -2.25. The second kappa shape index (κ2) is 7.94. The fourth-order valence-electron chi connectivity index (χ4n) is 2.36. The van der Waals surface area contributed by atoms with Gasteiger partial charge in [-0.1, -0.05) is 42.1 Å². The third-order valence-electron chi connectivity index (χ3n) is 3.39. The molecule has 10 heteroatoms. The summed E-state index contributed by atoms with van der Waals surface area (Å²) >= 11 is 13.1. The number of thiazole rings is 1. The summed E-state index contributed by atoms with van der Waals surface area (Å²) in [7, 11) is -3.14. The van der Waals surface area contributed by atoms with Crippen LogP contribution >= 0.6 is 35.2 Å². The monoisotopic (exact) mass is 419 g/mol. The molecular formula is C15H18ClN3O3S3. The minimum Gasteiger partial charge on any atom is -0.619 e. The first-order valence-corrected chi connectivity index (χ1v) is 11.1. The molecule has 1 unspecified atom stereocenters. The Balaban J connectivity index is 2.34. The lowest BCUT2D eigenvalue weighted by atomic mass is 10.2. The number of halogens is 1. The minimum atomic E-state index is -3.14. The zero-order valence-electron chi connectivity index (χ0n) is 14.0. The van der Waals surface area contributed by atoms with E-state index in [1.165, 1.54) is 30.0 Å². The molecule has 0 N–H and O–H groups in total. The maximum atomic E-state index is 11.5.